The van der Waals surface area contributed by atoms with Crippen molar-refractivity contribution in [2.45, 2.75) is 39.3 Å². The van der Waals surface area contributed by atoms with Crippen LogP contribution in [0.3, 0.4) is 0 Å². The van der Waals surface area contributed by atoms with Gasteiger partial charge >= 0.3 is 0 Å². The number of nitrogens with one attached hydrogen (secondary N) is 2. The highest BCUT2D eigenvalue weighted by Crippen LogP contribution is 2.40. The molecule has 0 aromatic heterocycles. The number of nitrogens with zero attached hydrogens (tertiary/aromatic N) is 1. The molecular formula is C24H29N3O5. The maximum atomic E-state index is 13.1. The van der Waals surface area contributed by atoms with Crippen LogP contribution in [0.2, 0.25) is 0 Å². The molecular weight excluding hydrogens is 410 g/mol. The quantitative estimate of drug-likeness (QED) is 0.657. The Morgan fingerprint density at radius 2 is 1.72 bits per heavy atom. The summed E-state index contributed by atoms with van der Waals surface area (Å²) >= 11 is 0. The normalized spacial score (nSPS) is 19.0. The van der Waals surface area contributed by atoms with Crippen molar-refractivity contribution in [3.05, 3.63) is 42.0 Å². The summed E-state index contributed by atoms with van der Waals surface area (Å²) in [5.41, 5.74) is 2.21. The molecule has 2 heterocycles. The van der Waals surface area contributed by atoms with Crippen LogP contribution in [-0.2, 0) is 4.79 Å². The lowest BCUT2D eigenvalue weighted by atomic mass is 10.1. The fourth-order valence-electron chi connectivity index (χ4n) is 4.29. The Morgan fingerprint density at radius 1 is 1.06 bits per heavy atom. The van der Waals surface area contributed by atoms with Gasteiger partial charge in [0.05, 0.1) is 31.2 Å². The smallest absolute Gasteiger partial charge is 0.251 e. The van der Waals surface area contributed by atoms with Gasteiger partial charge in [-0.1, -0.05) is 12.1 Å². The molecule has 4 rings (SSSR count). The van der Waals surface area contributed by atoms with Gasteiger partial charge in [0.15, 0.2) is 11.5 Å². The summed E-state index contributed by atoms with van der Waals surface area (Å²) in [7, 11) is 0. The van der Waals surface area contributed by atoms with Crippen LogP contribution in [0.25, 0.3) is 0 Å². The average Bonchev–Trinajstić information content (AvgIpc) is 3.21. The van der Waals surface area contributed by atoms with Crippen molar-refractivity contribution in [1.29, 1.82) is 0 Å². The lowest BCUT2D eigenvalue weighted by Gasteiger charge is -2.32. The van der Waals surface area contributed by atoms with Crippen LogP contribution in [0.5, 0.6) is 17.2 Å². The van der Waals surface area contributed by atoms with Gasteiger partial charge in [-0.05, 0) is 51.5 Å². The molecule has 0 aliphatic carbocycles. The van der Waals surface area contributed by atoms with Crippen LogP contribution in [0.15, 0.2) is 36.4 Å². The van der Waals surface area contributed by atoms with Gasteiger partial charge in [0.2, 0.25) is 11.7 Å². The van der Waals surface area contributed by atoms with Crippen molar-refractivity contribution in [2.75, 3.05) is 36.6 Å². The van der Waals surface area contributed by atoms with Crippen LogP contribution in [0.4, 0.5) is 11.4 Å². The van der Waals surface area contributed by atoms with Crippen LogP contribution in [0, 0.1) is 0 Å². The molecule has 2 N–H and O–H groups in total. The predicted molar refractivity (Wildman–Crippen MR) is 122 cm³/mol. The van der Waals surface area contributed by atoms with Crippen molar-refractivity contribution < 1.29 is 23.8 Å². The molecule has 32 heavy (non-hydrogen) atoms. The third-order valence-electron chi connectivity index (χ3n) is 5.58. The number of amides is 2. The Balaban J connectivity index is 1.55. The number of hydrogen-bond donors (Lipinski definition) is 2. The molecule has 2 amide bonds. The minimum atomic E-state index is -0.298. The molecule has 2 aliphatic heterocycles. The Hall–Kier alpha value is -3.42. The highest BCUT2D eigenvalue weighted by Gasteiger charge is 2.41. The van der Waals surface area contributed by atoms with Gasteiger partial charge in [-0.3, -0.25) is 9.59 Å². The third-order valence-corrected chi connectivity index (χ3v) is 5.58. The van der Waals surface area contributed by atoms with Gasteiger partial charge < -0.3 is 29.7 Å². The summed E-state index contributed by atoms with van der Waals surface area (Å²) in [5.74, 6) is 1.16. The number of hydrogen-bond acceptors (Lipinski definition) is 6. The zero-order valence-corrected chi connectivity index (χ0v) is 18.6. The first kappa shape index (κ1) is 21.8. The van der Waals surface area contributed by atoms with Crippen molar-refractivity contribution in [3.8, 4) is 17.2 Å². The maximum Gasteiger partial charge on any atom is 0.251 e. The molecule has 2 unspecified atom stereocenters. The second kappa shape index (κ2) is 9.38. The van der Waals surface area contributed by atoms with Crippen molar-refractivity contribution in [3.63, 3.8) is 0 Å². The number of para-hydroxylation sites is 2. The van der Waals surface area contributed by atoms with Crippen molar-refractivity contribution in [2.24, 2.45) is 0 Å². The predicted octanol–water partition coefficient (Wildman–Crippen LogP) is 3.21. The van der Waals surface area contributed by atoms with Gasteiger partial charge in [-0.2, -0.15) is 0 Å². The second-order valence-corrected chi connectivity index (χ2v) is 7.68. The van der Waals surface area contributed by atoms with Crippen LogP contribution in [0.1, 0.15) is 37.6 Å². The molecule has 8 nitrogen and oxygen atoms in total. The summed E-state index contributed by atoms with van der Waals surface area (Å²) in [5, 5.41) is 6.04. The molecule has 0 spiro atoms. The number of anilines is 2. The summed E-state index contributed by atoms with van der Waals surface area (Å²) in [6.45, 7) is 7.52. The monoisotopic (exact) mass is 439 g/mol. The highest BCUT2D eigenvalue weighted by molar-refractivity contribution is 6.04. The van der Waals surface area contributed by atoms with E-state index in [0.29, 0.717) is 55.6 Å². The molecule has 2 atom stereocenters. The molecule has 2 aliphatic rings. The van der Waals surface area contributed by atoms with E-state index in [1.165, 1.54) is 0 Å². The third kappa shape index (κ3) is 4.17. The van der Waals surface area contributed by atoms with E-state index >= 15 is 0 Å². The van der Waals surface area contributed by atoms with E-state index in [-0.39, 0.29) is 23.9 Å². The summed E-state index contributed by atoms with van der Waals surface area (Å²) < 4.78 is 17.2. The number of benzene rings is 2. The fourth-order valence-corrected chi connectivity index (χ4v) is 4.29. The van der Waals surface area contributed by atoms with Gasteiger partial charge in [0.1, 0.15) is 6.04 Å². The Kier molecular flexibility index (Phi) is 6.39. The Labute approximate surface area is 187 Å². The summed E-state index contributed by atoms with van der Waals surface area (Å²) in [6, 6.07) is 10.6. The van der Waals surface area contributed by atoms with Crippen LogP contribution >= 0.6 is 0 Å². The number of ether oxygens (including phenoxy) is 3. The van der Waals surface area contributed by atoms with Gasteiger partial charge in [0.25, 0.3) is 5.91 Å². The van der Waals surface area contributed by atoms with Crippen LogP contribution < -0.4 is 29.7 Å². The Bertz CT molecular complexity index is 982. The summed E-state index contributed by atoms with van der Waals surface area (Å²) in [4.78, 5) is 27.8. The SMILES string of the molecule is CCOc1cc(C(=O)NC2CC3C(=O)Nc4ccccc4N3C2)cc(OCC)c1OCC. The van der Waals surface area contributed by atoms with Crippen molar-refractivity contribution >= 4 is 23.2 Å². The molecule has 0 bridgehead atoms. The standard InChI is InChI=1S/C24H29N3O5/c1-4-30-20-11-15(12-21(31-5-2)22(20)32-6-3)23(28)25-16-13-19-24(29)26-17-9-7-8-10-18(17)27(19)14-16/h7-12,16,19H,4-6,13-14H2,1-3H3,(H,25,28)(H,26,29). The molecule has 1 saturated heterocycles. The van der Waals surface area contributed by atoms with Gasteiger partial charge in [0, 0.05) is 18.2 Å². The maximum absolute atomic E-state index is 13.1. The van der Waals surface area contributed by atoms with Crippen LogP contribution in [-0.4, -0.2) is 50.3 Å². The Morgan fingerprint density at radius 3 is 2.38 bits per heavy atom. The first-order valence-electron chi connectivity index (χ1n) is 11.1. The van der Waals surface area contributed by atoms with E-state index in [9.17, 15) is 9.59 Å². The van der Waals surface area contributed by atoms with E-state index in [0.717, 1.165) is 11.4 Å². The molecule has 2 aromatic carbocycles. The first-order valence-corrected chi connectivity index (χ1v) is 11.1. The molecule has 170 valence electrons. The van der Waals surface area contributed by atoms with E-state index in [1.54, 1.807) is 12.1 Å². The molecule has 2 aromatic rings. The molecule has 8 heteroatoms. The minimum Gasteiger partial charge on any atom is -0.490 e. The number of carbonyl (C=O) groups excluding carboxylic acids is 2. The topological polar surface area (TPSA) is 89.1 Å². The number of carbonyl (C=O) groups is 2. The first-order chi connectivity index (χ1) is 15.5. The zero-order valence-electron chi connectivity index (χ0n) is 18.6. The minimum absolute atomic E-state index is 0.0428. The molecule has 0 saturated carbocycles. The summed E-state index contributed by atoms with van der Waals surface area (Å²) in [6.07, 6.45) is 0.541. The van der Waals surface area contributed by atoms with E-state index in [1.807, 2.05) is 45.0 Å². The zero-order chi connectivity index (χ0) is 22.7. The lowest BCUT2D eigenvalue weighted by Crippen LogP contribution is -2.44. The second-order valence-electron chi connectivity index (χ2n) is 7.68. The number of rotatable bonds is 8. The van der Waals surface area contributed by atoms with E-state index < -0.39 is 0 Å². The number of fused-ring (bicyclic) bond motifs is 3. The van der Waals surface area contributed by atoms with Gasteiger partial charge in [-0.15, -0.1) is 0 Å². The largest absolute Gasteiger partial charge is 0.490 e. The molecule has 0 radical (unpaired) electrons. The van der Waals surface area contributed by atoms with Gasteiger partial charge in [-0.25, -0.2) is 0 Å². The van der Waals surface area contributed by atoms with Crippen molar-refractivity contribution in [1.82, 2.24) is 5.32 Å². The highest BCUT2D eigenvalue weighted by atomic mass is 16.5. The van der Waals surface area contributed by atoms with E-state index in [4.69, 9.17) is 14.2 Å². The van der Waals surface area contributed by atoms with E-state index in [2.05, 4.69) is 15.5 Å². The fraction of sp³-hybridized carbons (Fsp3) is 0.417. The average molecular weight is 440 g/mol. The molecule has 1 fully saturated rings. The lowest BCUT2D eigenvalue weighted by molar-refractivity contribution is -0.117.